The molecular weight excluding hydrogens is 522 g/mol. The minimum absolute atomic E-state index is 0.0154. The zero-order valence-corrected chi connectivity index (χ0v) is 23.7. The van der Waals surface area contributed by atoms with E-state index in [1.807, 2.05) is 0 Å². The van der Waals surface area contributed by atoms with E-state index in [-0.39, 0.29) is 48.7 Å². The Morgan fingerprint density at radius 1 is 0.805 bits per heavy atom. The van der Waals surface area contributed by atoms with Crippen LogP contribution in [0.15, 0.2) is 12.5 Å². The first-order valence-corrected chi connectivity index (χ1v) is 15.8. The highest BCUT2D eigenvalue weighted by Gasteiger charge is 2.54. The first kappa shape index (κ1) is 25.9. The Kier molecular flexibility index (Phi) is 6.10. The topological polar surface area (TPSA) is 131 Å². The summed E-state index contributed by atoms with van der Waals surface area (Å²) in [6.07, 6.45) is 16.1. The number of esters is 2. The van der Waals surface area contributed by atoms with Crippen molar-refractivity contribution in [1.82, 2.24) is 19.5 Å². The third-order valence-corrected chi connectivity index (χ3v) is 11.2. The van der Waals surface area contributed by atoms with Crippen LogP contribution in [0.2, 0.25) is 0 Å². The van der Waals surface area contributed by atoms with E-state index in [0.29, 0.717) is 46.7 Å². The summed E-state index contributed by atoms with van der Waals surface area (Å²) in [4.78, 5) is 39.5. The molecule has 8 saturated carbocycles. The number of imidazole rings is 1. The van der Waals surface area contributed by atoms with Crippen LogP contribution in [0.1, 0.15) is 89.9 Å². The van der Waals surface area contributed by atoms with Crippen LogP contribution in [0.3, 0.4) is 0 Å². The number of rotatable bonds is 9. The summed E-state index contributed by atoms with van der Waals surface area (Å²) in [5, 5.41) is 0. The van der Waals surface area contributed by atoms with Crippen LogP contribution >= 0.6 is 0 Å². The van der Waals surface area contributed by atoms with Crippen LogP contribution in [-0.2, 0) is 30.5 Å². The van der Waals surface area contributed by atoms with Crippen molar-refractivity contribution in [2.45, 2.75) is 114 Å². The van der Waals surface area contributed by atoms with Crippen molar-refractivity contribution in [1.29, 1.82) is 0 Å². The number of aromatic nitrogens is 4. The second kappa shape index (κ2) is 9.64. The summed E-state index contributed by atoms with van der Waals surface area (Å²) in [5.41, 5.74) is 6.28. The lowest BCUT2D eigenvalue weighted by Crippen LogP contribution is -2.53. The smallest absolute Gasteiger partial charge is 0.308 e. The predicted octanol–water partition coefficient (Wildman–Crippen LogP) is 4.56. The van der Waals surface area contributed by atoms with Gasteiger partial charge >= 0.3 is 11.9 Å². The molecule has 2 N–H and O–H groups in total. The minimum Gasteiger partial charge on any atom is -0.459 e. The van der Waals surface area contributed by atoms with E-state index in [9.17, 15) is 9.59 Å². The molecule has 0 aromatic carbocycles. The monoisotopic (exact) mass is 563 g/mol. The molecule has 8 fully saturated rings. The first-order chi connectivity index (χ1) is 19.8. The summed E-state index contributed by atoms with van der Waals surface area (Å²) in [6.45, 7) is 0.0763. The lowest BCUT2D eigenvalue weighted by Gasteiger charge is -2.55. The molecule has 0 spiro atoms. The van der Waals surface area contributed by atoms with Crippen molar-refractivity contribution in [2.75, 3.05) is 5.73 Å². The number of nitrogens with zero attached hydrogens (tertiary/aromatic N) is 4. The van der Waals surface area contributed by atoms with Crippen molar-refractivity contribution < 1.29 is 23.8 Å². The molecule has 0 radical (unpaired) electrons. The molecule has 8 aliphatic carbocycles. The van der Waals surface area contributed by atoms with Gasteiger partial charge in [0.25, 0.3) is 0 Å². The molecule has 10 nitrogen and oxygen atoms in total. The molecule has 2 aromatic heterocycles. The zero-order chi connectivity index (χ0) is 27.8. The van der Waals surface area contributed by atoms with Crippen molar-refractivity contribution in [2.24, 2.45) is 35.5 Å². The molecule has 8 bridgehead atoms. The van der Waals surface area contributed by atoms with Gasteiger partial charge in [0, 0.05) is 0 Å². The number of ether oxygens (including phenoxy) is 3. The quantitative estimate of drug-likeness (QED) is 0.436. The molecule has 2 aromatic rings. The Balaban J connectivity index is 0.965. The van der Waals surface area contributed by atoms with Crippen molar-refractivity contribution in [3.8, 4) is 0 Å². The third kappa shape index (κ3) is 5.00. The van der Waals surface area contributed by atoms with Gasteiger partial charge in [0.05, 0.1) is 31.5 Å². The number of nitrogens with two attached hydrogens (primary N) is 1. The second-order valence-corrected chi connectivity index (χ2v) is 14.6. The second-order valence-electron chi connectivity index (χ2n) is 14.6. The fourth-order valence-electron chi connectivity index (χ4n) is 10.6. The number of hydrogen-bond acceptors (Lipinski definition) is 9. The highest BCUT2D eigenvalue weighted by molar-refractivity contribution is 5.74. The van der Waals surface area contributed by atoms with Gasteiger partial charge in [0.1, 0.15) is 23.4 Å². The Hall–Kier alpha value is -2.75. The highest BCUT2D eigenvalue weighted by Crippen LogP contribution is 2.58. The highest BCUT2D eigenvalue weighted by atomic mass is 16.6. The maximum atomic E-state index is 13.4. The summed E-state index contributed by atoms with van der Waals surface area (Å²) >= 11 is 0. The Morgan fingerprint density at radius 3 is 1.73 bits per heavy atom. The molecule has 10 heteroatoms. The average molecular weight is 564 g/mol. The van der Waals surface area contributed by atoms with Crippen LogP contribution in [0.4, 0.5) is 5.95 Å². The molecule has 41 heavy (non-hydrogen) atoms. The van der Waals surface area contributed by atoms with Gasteiger partial charge in [0.2, 0.25) is 5.95 Å². The van der Waals surface area contributed by atoms with Gasteiger partial charge in [-0.3, -0.25) is 14.2 Å². The van der Waals surface area contributed by atoms with Gasteiger partial charge in [-0.15, -0.1) is 0 Å². The standard InChI is InChI=1S/C31H41N5O5/c32-29-33-15-25-28(35-29)36(16-34-25)17-39-24(7-26(37)40-30-9-18-1-19(10-30)3-20(2-18)11-30)8-27(38)41-31-12-21-4-22(13-31)6-23(5-21)14-31/h15-16,18-24H,1-14,17H2,(H2,32,33,35). The number of hydrogen-bond donors (Lipinski definition) is 1. The van der Waals surface area contributed by atoms with Crippen molar-refractivity contribution >= 4 is 29.1 Å². The largest absolute Gasteiger partial charge is 0.459 e. The lowest BCUT2D eigenvalue weighted by atomic mass is 9.54. The van der Waals surface area contributed by atoms with E-state index in [0.717, 1.165) is 38.5 Å². The first-order valence-electron chi connectivity index (χ1n) is 15.8. The third-order valence-electron chi connectivity index (χ3n) is 11.2. The predicted molar refractivity (Wildman–Crippen MR) is 148 cm³/mol. The van der Waals surface area contributed by atoms with Crippen molar-refractivity contribution in [3.05, 3.63) is 12.5 Å². The number of carbonyl (C=O) groups excluding carboxylic acids is 2. The normalized spacial score (nSPS) is 38.8. The number of fused-ring (bicyclic) bond motifs is 1. The van der Waals surface area contributed by atoms with Gasteiger partial charge in [-0.1, -0.05) is 0 Å². The van der Waals surface area contributed by atoms with Gasteiger partial charge < -0.3 is 19.9 Å². The number of anilines is 1. The van der Waals surface area contributed by atoms with Crippen LogP contribution < -0.4 is 5.73 Å². The molecule has 220 valence electrons. The molecule has 0 atom stereocenters. The maximum absolute atomic E-state index is 13.4. The van der Waals surface area contributed by atoms with E-state index in [1.54, 1.807) is 17.1 Å². The Labute approximate surface area is 240 Å². The zero-order valence-electron chi connectivity index (χ0n) is 23.7. The molecule has 2 heterocycles. The Morgan fingerprint density at radius 2 is 1.27 bits per heavy atom. The molecule has 0 amide bonds. The molecule has 8 aliphatic rings. The van der Waals surface area contributed by atoms with Gasteiger partial charge in [-0.05, 0) is 113 Å². The minimum atomic E-state index is -0.672. The van der Waals surface area contributed by atoms with Gasteiger partial charge in [-0.2, -0.15) is 4.98 Å². The molecule has 0 saturated heterocycles. The fourth-order valence-corrected chi connectivity index (χ4v) is 10.6. The molecular formula is C31H41N5O5. The summed E-state index contributed by atoms with van der Waals surface area (Å²) in [6, 6.07) is 0. The molecule has 0 aliphatic heterocycles. The van der Waals surface area contributed by atoms with E-state index < -0.39 is 6.10 Å². The van der Waals surface area contributed by atoms with Gasteiger partial charge in [-0.25, -0.2) is 9.97 Å². The molecule has 10 rings (SSSR count). The van der Waals surface area contributed by atoms with Crippen molar-refractivity contribution in [3.63, 3.8) is 0 Å². The summed E-state index contributed by atoms with van der Waals surface area (Å²) in [7, 11) is 0. The maximum Gasteiger partial charge on any atom is 0.308 e. The number of carbonyl (C=O) groups is 2. The lowest BCUT2D eigenvalue weighted by molar-refractivity contribution is -0.193. The van der Waals surface area contributed by atoms with Crippen LogP contribution in [0.25, 0.3) is 11.2 Å². The van der Waals surface area contributed by atoms with E-state index >= 15 is 0 Å². The van der Waals surface area contributed by atoms with E-state index in [2.05, 4.69) is 15.0 Å². The summed E-state index contributed by atoms with van der Waals surface area (Å²) < 4.78 is 20.5. The Bertz CT molecular complexity index is 1230. The van der Waals surface area contributed by atoms with Crippen LogP contribution in [0.5, 0.6) is 0 Å². The fraction of sp³-hybridized carbons (Fsp3) is 0.774. The van der Waals surface area contributed by atoms with E-state index in [1.165, 1.54) is 38.5 Å². The SMILES string of the molecule is Nc1ncc2ncn(COC(CC(=O)OC34CC5CC(CC(C5)C3)C4)CC(=O)OC34CC5CC(CC(C5)C3)C4)c2n1. The average Bonchev–Trinajstić information content (AvgIpc) is 3.26. The molecule has 0 unspecified atom stereocenters. The van der Waals surface area contributed by atoms with Crippen LogP contribution in [0, 0.1) is 35.5 Å². The van der Waals surface area contributed by atoms with Gasteiger partial charge in [0.15, 0.2) is 5.65 Å². The van der Waals surface area contributed by atoms with Crippen LogP contribution in [-0.4, -0.2) is 48.8 Å². The summed E-state index contributed by atoms with van der Waals surface area (Å²) in [5.74, 6) is 3.68. The van der Waals surface area contributed by atoms with E-state index in [4.69, 9.17) is 19.9 Å². The number of nitrogen functional groups attached to an aromatic ring is 1.